The summed E-state index contributed by atoms with van der Waals surface area (Å²) in [4.78, 5) is 21.8. The number of Topliss-reactive ketones (excluding diaryl/α,β-unsaturated/α-hetero) is 1. The van der Waals surface area contributed by atoms with E-state index in [9.17, 15) is 4.79 Å². The molecule has 30 heavy (non-hydrogen) atoms. The number of benzene rings is 1. The number of carbonyl (C=O) groups excluding carboxylic acids is 1. The molecule has 1 N–H and O–H groups in total. The molecule has 0 saturated heterocycles. The van der Waals surface area contributed by atoms with E-state index in [1.807, 2.05) is 24.3 Å². The highest BCUT2D eigenvalue weighted by Gasteiger charge is 2.37. The molecule has 5 rings (SSSR count). The zero-order chi connectivity index (χ0) is 20.7. The first-order chi connectivity index (χ1) is 14.7. The van der Waals surface area contributed by atoms with Crippen LogP contribution < -0.4 is 14.8 Å². The van der Waals surface area contributed by atoms with E-state index in [4.69, 9.17) is 19.6 Å². The molecule has 152 valence electrons. The van der Waals surface area contributed by atoms with Crippen LogP contribution in [0.1, 0.15) is 30.9 Å². The van der Waals surface area contributed by atoms with Crippen LogP contribution in [0.3, 0.4) is 0 Å². The van der Waals surface area contributed by atoms with E-state index in [1.165, 1.54) is 0 Å². The Morgan fingerprint density at radius 3 is 2.63 bits per heavy atom. The number of anilines is 1. The lowest BCUT2D eigenvalue weighted by atomic mass is 9.86. The van der Waals surface area contributed by atoms with Crippen molar-refractivity contribution >= 4 is 11.7 Å². The average Bonchev–Trinajstić information content (AvgIpc) is 3.22. The van der Waals surface area contributed by atoms with Gasteiger partial charge in [-0.3, -0.25) is 9.78 Å². The molecule has 0 amide bonds. The monoisotopic (exact) mass is 403 g/mol. The van der Waals surface area contributed by atoms with Crippen molar-refractivity contribution in [2.45, 2.75) is 25.3 Å². The normalized spacial score (nSPS) is 17.8. The van der Waals surface area contributed by atoms with Crippen LogP contribution in [0.2, 0.25) is 0 Å². The average molecular weight is 403 g/mol. The number of hydrogen-bond donors (Lipinski definition) is 1. The Morgan fingerprint density at radius 2 is 1.93 bits per heavy atom. The van der Waals surface area contributed by atoms with E-state index >= 15 is 0 Å². The van der Waals surface area contributed by atoms with Gasteiger partial charge in [0, 0.05) is 41.7 Å². The molecule has 0 saturated carbocycles. The Bertz CT molecular complexity index is 1130. The van der Waals surface area contributed by atoms with Crippen molar-refractivity contribution in [3.63, 3.8) is 0 Å². The van der Waals surface area contributed by atoms with Crippen LogP contribution in [0.4, 0.5) is 5.95 Å². The summed E-state index contributed by atoms with van der Waals surface area (Å²) in [6.45, 7) is 0. The second-order valence-corrected chi connectivity index (χ2v) is 7.29. The Morgan fingerprint density at radius 1 is 1.13 bits per heavy atom. The molecule has 1 aliphatic carbocycles. The molecular formula is C22H21N5O3. The van der Waals surface area contributed by atoms with Crippen molar-refractivity contribution in [2.75, 3.05) is 19.5 Å². The summed E-state index contributed by atoms with van der Waals surface area (Å²) >= 11 is 0. The van der Waals surface area contributed by atoms with Crippen LogP contribution in [0.25, 0.3) is 11.4 Å². The van der Waals surface area contributed by atoms with Crippen molar-refractivity contribution in [3.8, 4) is 22.9 Å². The van der Waals surface area contributed by atoms with Crippen LogP contribution in [0, 0.1) is 0 Å². The van der Waals surface area contributed by atoms with Crippen molar-refractivity contribution in [2.24, 2.45) is 0 Å². The molecule has 0 fully saturated rings. The van der Waals surface area contributed by atoms with Gasteiger partial charge in [-0.15, -0.1) is 5.10 Å². The summed E-state index contributed by atoms with van der Waals surface area (Å²) < 4.78 is 12.5. The van der Waals surface area contributed by atoms with Crippen molar-refractivity contribution < 1.29 is 14.3 Å². The number of nitrogens with one attached hydrogen (secondary N) is 1. The molecule has 1 aliphatic heterocycles. The van der Waals surface area contributed by atoms with Gasteiger partial charge in [-0.05, 0) is 36.6 Å². The number of fused-ring (bicyclic) bond motifs is 1. The molecule has 0 spiro atoms. The second-order valence-electron chi connectivity index (χ2n) is 7.29. The van der Waals surface area contributed by atoms with Gasteiger partial charge < -0.3 is 14.8 Å². The van der Waals surface area contributed by atoms with Crippen LogP contribution in [0.5, 0.6) is 11.5 Å². The summed E-state index contributed by atoms with van der Waals surface area (Å²) in [5.74, 6) is 2.58. The Hall–Kier alpha value is -3.68. The molecule has 8 heteroatoms. The molecule has 0 radical (unpaired) electrons. The van der Waals surface area contributed by atoms with Gasteiger partial charge in [0.05, 0.1) is 14.2 Å². The van der Waals surface area contributed by atoms with E-state index in [2.05, 4.69) is 10.3 Å². The lowest BCUT2D eigenvalue weighted by Gasteiger charge is -2.31. The SMILES string of the molecule is COc1cc(OC)cc(-c2nc3n(n2)[C@H](c2cccnc2)C2=C(CCCC2=O)N3)c1. The number of aromatic nitrogens is 4. The number of ether oxygens (including phenoxy) is 2. The summed E-state index contributed by atoms with van der Waals surface area (Å²) in [5, 5.41) is 8.11. The Balaban J connectivity index is 1.66. The molecule has 2 aromatic heterocycles. The van der Waals surface area contributed by atoms with Gasteiger partial charge in [0.15, 0.2) is 11.6 Å². The maximum absolute atomic E-state index is 12.9. The predicted molar refractivity (Wildman–Crippen MR) is 110 cm³/mol. The molecule has 1 aromatic carbocycles. The minimum absolute atomic E-state index is 0.142. The van der Waals surface area contributed by atoms with Crippen molar-refractivity contribution in [1.82, 2.24) is 19.7 Å². The zero-order valence-corrected chi connectivity index (χ0v) is 16.8. The van der Waals surface area contributed by atoms with E-state index in [0.717, 1.165) is 35.2 Å². The van der Waals surface area contributed by atoms with Gasteiger partial charge in [-0.1, -0.05) is 6.07 Å². The third-order valence-electron chi connectivity index (χ3n) is 5.48. The van der Waals surface area contributed by atoms with Crippen LogP contribution >= 0.6 is 0 Å². The predicted octanol–water partition coefficient (Wildman–Crippen LogP) is 3.38. The molecule has 0 bridgehead atoms. The fraction of sp³-hybridized carbons (Fsp3) is 0.273. The second kappa shape index (κ2) is 7.29. The Labute approximate surface area is 173 Å². The smallest absolute Gasteiger partial charge is 0.226 e. The lowest BCUT2D eigenvalue weighted by molar-refractivity contribution is -0.116. The Kier molecular flexibility index (Phi) is 4.46. The summed E-state index contributed by atoms with van der Waals surface area (Å²) in [7, 11) is 3.21. The minimum Gasteiger partial charge on any atom is -0.497 e. The number of ketones is 1. The maximum atomic E-state index is 12.9. The summed E-state index contributed by atoms with van der Waals surface area (Å²) in [5.41, 5.74) is 3.35. The molecule has 8 nitrogen and oxygen atoms in total. The largest absolute Gasteiger partial charge is 0.497 e. The first kappa shape index (κ1) is 18.4. The number of allylic oxidation sites excluding steroid dienone is 2. The van der Waals surface area contributed by atoms with Gasteiger partial charge in [0.25, 0.3) is 0 Å². The first-order valence-electron chi connectivity index (χ1n) is 9.81. The highest BCUT2D eigenvalue weighted by molar-refractivity contribution is 5.99. The van der Waals surface area contributed by atoms with Gasteiger partial charge in [0.2, 0.25) is 5.95 Å². The quantitative estimate of drug-likeness (QED) is 0.714. The van der Waals surface area contributed by atoms with E-state index in [0.29, 0.717) is 29.7 Å². The third-order valence-corrected chi connectivity index (χ3v) is 5.48. The van der Waals surface area contributed by atoms with Crippen LogP contribution in [-0.2, 0) is 4.79 Å². The zero-order valence-electron chi connectivity index (χ0n) is 16.8. The standard InChI is InChI=1S/C22H21N5O3/c1-29-15-9-14(10-16(11-15)30-2)21-25-22-24-17-6-3-7-18(28)19(17)20(27(22)26-21)13-5-4-8-23-12-13/h4-5,8-12,20H,3,6-7H2,1-2H3,(H,24,25,26)/t20-/m1/s1. The van der Waals surface area contributed by atoms with Crippen molar-refractivity contribution in [3.05, 3.63) is 59.6 Å². The number of hydrogen-bond acceptors (Lipinski definition) is 7. The van der Waals surface area contributed by atoms with Crippen molar-refractivity contribution in [1.29, 1.82) is 0 Å². The molecule has 2 aliphatic rings. The van der Waals surface area contributed by atoms with Crippen LogP contribution in [0.15, 0.2) is 54.0 Å². The molecule has 0 unspecified atom stereocenters. The highest BCUT2D eigenvalue weighted by atomic mass is 16.5. The fourth-order valence-corrected chi connectivity index (χ4v) is 4.06. The van der Waals surface area contributed by atoms with E-state index in [1.54, 1.807) is 37.4 Å². The minimum atomic E-state index is -0.355. The molecule has 3 heterocycles. The lowest BCUT2D eigenvalue weighted by Crippen LogP contribution is -2.31. The van der Waals surface area contributed by atoms with Gasteiger partial charge >= 0.3 is 0 Å². The fourth-order valence-electron chi connectivity index (χ4n) is 4.06. The van der Waals surface area contributed by atoms with E-state index < -0.39 is 0 Å². The molecular weight excluding hydrogens is 382 g/mol. The van der Waals surface area contributed by atoms with E-state index in [-0.39, 0.29) is 11.8 Å². The molecule has 1 atom stereocenters. The first-order valence-corrected chi connectivity index (χ1v) is 9.81. The number of carbonyl (C=O) groups is 1. The van der Waals surface area contributed by atoms with Crippen LogP contribution in [-0.4, -0.2) is 39.8 Å². The number of pyridine rings is 1. The maximum Gasteiger partial charge on any atom is 0.226 e. The number of nitrogens with zero attached hydrogens (tertiary/aromatic N) is 4. The van der Waals surface area contributed by atoms with Gasteiger partial charge in [-0.2, -0.15) is 4.98 Å². The topological polar surface area (TPSA) is 91.2 Å². The summed E-state index contributed by atoms with van der Waals surface area (Å²) in [6, 6.07) is 9.01. The highest BCUT2D eigenvalue weighted by Crippen LogP contribution is 2.40. The third kappa shape index (κ3) is 3.01. The van der Waals surface area contributed by atoms with Gasteiger partial charge in [-0.25, -0.2) is 4.68 Å². The number of rotatable bonds is 4. The number of methoxy groups -OCH3 is 2. The summed E-state index contributed by atoms with van der Waals surface area (Å²) in [6.07, 6.45) is 5.69. The van der Waals surface area contributed by atoms with Gasteiger partial charge in [0.1, 0.15) is 17.5 Å². The molecule has 3 aromatic rings.